The minimum atomic E-state index is -0.650. The van der Waals surface area contributed by atoms with Crippen LogP contribution in [0.3, 0.4) is 0 Å². The molecule has 0 amide bonds. The molecule has 21 heavy (non-hydrogen) atoms. The second kappa shape index (κ2) is 5.68. The van der Waals surface area contributed by atoms with E-state index in [4.69, 9.17) is 4.74 Å². The Morgan fingerprint density at radius 1 is 1.33 bits per heavy atom. The second-order valence-corrected chi connectivity index (χ2v) is 6.41. The molecule has 1 heterocycles. The first-order valence-electron chi connectivity index (χ1n) is 7.71. The quantitative estimate of drug-likeness (QED) is 0.927. The summed E-state index contributed by atoms with van der Waals surface area (Å²) in [5.41, 5.74) is 2.77. The Morgan fingerprint density at radius 3 is 2.81 bits per heavy atom. The van der Waals surface area contributed by atoms with Crippen molar-refractivity contribution >= 4 is 5.97 Å². The lowest BCUT2D eigenvalue weighted by atomic mass is 9.87. The topological polar surface area (TPSA) is 49.8 Å². The van der Waals surface area contributed by atoms with E-state index in [-0.39, 0.29) is 11.8 Å². The zero-order valence-electron chi connectivity index (χ0n) is 12.7. The zero-order valence-corrected chi connectivity index (χ0v) is 12.7. The largest absolute Gasteiger partial charge is 0.497 e. The van der Waals surface area contributed by atoms with E-state index < -0.39 is 5.97 Å². The molecule has 0 bridgehead atoms. The van der Waals surface area contributed by atoms with Crippen LogP contribution in [-0.2, 0) is 17.6 Å². The van der Waals surface area contributed by atoms with Gasteiger partial charge in [0.15, 0.2) is 0 Å². The number of carbonyl (C=O) groups is 1. The van der Waals surface area contributed by atoms with Crippen LogP contribution >= 0.6 is 0 Å². The van der Waals surface area contributed by atoms with E-state index in [0.717, 1.165) is 31.6 Å². The number of methoxy groups -OCH3 is 1. The van der Waals surface area contributed by atoms with Crippen molar-refractivity contribution in [3.05, 3.63) is 29.3 Å². The lowest BCUT2D eigenvalue weighted by molar-refractivity contribution is -0.142. The van der Waals surface area contributed by atoms with Gasteiger partial charge in [-0.15, -0.1) is 0 Å². The van der Waals surface area contributed by atoms with Gasteiger partial charge in [-0.3, -0.25) is 9.69 Å². The summed E-state index contributed by atoms with van der Waals surface area (Å²) in [6, 6.07) is 6.79. The number of rotatable bonds is 3. The number of benzene rings is 1. The average molecular weight is 289 g/mol. The lowest BCUT2D eigenvalue weighted by Gasteiger charge is -2.32. The number of likely N-dealkylation sites (tertiary alicyclic amines) is 1. The first kappa shape index (κ1) is 14.4. The van der Waals surface area contributed by atoms with Crippen molar-refractivity contribution in [1.82, 2.24) is 4.90 Å². The van der Waals surface area contributed by atoms with Crippen molar-refractivity contribution in [2.24, 2.45) is 11.8 Å². The molecule has 3 rings (SSSR count). The van der Waals surface area contributed by atoms with E-state index in [1.54, 1.807) is 7.11 Å². The summed E-state index contributed by atoms with van der Waals surface area (Å²) in [5.74, 6) is 0.293. The van der Waals surface area contributed by atoms with Crippen LogP contribution in [0.15, 0.2) is 18.2 Å². The fraction of sp³-hybridized carbons (Fsp3) is 0.588. The molecule has 1 aliphatic carbocycles. The van der Waals surface area contributed by atoms with Gasteiger partial charge in [-0.05, 0) is 48.4 Å². The third-order valence-electron chi connectivity index (χ3n) is 5.09. The Labute approximate surface area is 125 Å². The summed E-state index contributed by atoms with van der Waals surface area (Å²) in [7, 11) is 1.70. The summed E-state index contributed by atoms with van der Waals surface area (Å²) in [5, 5.41) is 9.28. The van der Waals surface area contributed by atoms with Gasteiger partial charge < -0.3 is 9.84 Å². The van der Waals surface area contributed by atoms with E-state index >= 15 is 0 Å². The normalized spacial score (nSPS) is 29.1. The van der Waals surface area contributed by atoms with Crippen LogP contribution in [0, 0.1) is 11.8 Å². The summed E-state index contributed by atoms with van der Waals surface area (Å²) >= 11 is 0. The van der Waals surface area contributed by atoms with Crippen molar-refractivity contribution in [3.63, 3.8) is 0 Å². The Hall–Kier alpha value is -1.55. The molecule has 3 atom stereocenters. The maximum atomic E-state index is 11.3. The molecule has 1 unspecified atom stereocenters. The molecule has 4 nitrogen and oxygen atoms in total. The van der Waals surface area contributed by atoms with Gasteiger partial charge in [0.1, 0.15) is 5.75 Å². The molecule has 2 aliphatic rings. The van der Waals surface area contributed by atoms with Gasteiger partial charge in [0, 0.05) is 19.1 Å². The monoisotopic (exact) mass is 289 g/mol. The first-order valence-corrected chi connectivity index (χ1v) is 7.71. The molecule has 1 saturated heterocycles. The Balaban J connectivity index is 1.73. The molecule has 0 radical (unpaired) electrons. The van der Waals surface area contributed by atoms with Gasteiger partial charge in [0.2, 0.25) is 0 Å². The molecule has 114 valence electrons. The predicted octanol–water partition coefficient (Wildman–Crippen LogP) is 2.21. The number of aryl methyl sites for hydroxylation is 1. The van der Waals surface area contributed by atoms with Crippen molar-refractivity contribution in [3.8, 4) is 5.75 Å². The number of hydrogen-bond acceptors (Lipinski definition) is 3. The predicted molar refractivity (Wildman–Crippen MR) is 80.7 cm³/mol. The van der Waals surface area contributed by atoms with E-state index in [9.17, 15) is 9.90 Å². The van der Waals surface area contributed by atoms with Crippen LogP contribution in [0.4, 0.5) is 0 Å². The lowest BCUT2D eigenvalue weighted by Crippen LogP contribution is -2.38. The van der Waals surface area contributed by atoms with Crippen molar-refractivity contribution in [2.75, 3.05) is 20.2 Å². The van der Waals surface area contributed by atoms with E-state index in [2.05, 4.69) is 24.0 Å². The van der Waals surface area contributed by atoms with Gasteiger partial charge in [-0.2, -0.15) is 0 Å². The molecular weight excluding hydrogens is 266 g/mol. The Kier molecular flexibility index (Phi) is 3.89. The highest BCUT2D eigenvalue weighted by molar-refractivity contribution is 5.71. The Morgan fingerprint density at radius 2 is 2.14 bits per heavy atom. The average Bonchev–Trinajstić information content (AvgIpc) is 2.88. The zero-order chi connectivity index (χ0) is 15.0. The molecule has 1 aromatic rings. The number of hydrogen-bond donors (Lipinski definition) is 1. The molecule has 1 aromatic carbocycles. The molecule has 0 spiro atoms. The van der Waals surface area contributed by atoms with Crippen molar-refractivity contribution < 1.29 is 14.6 Å². The van der Waals surface area contributed by atoms with Gasteiger partial charge in [-0.25, -0.2) is 0 Å². The fourth-order valence-electron chi connectivity index (χ4n) is 3.78. The molecule has 1 aliphatic heterocycles. The van der Waals surface area contributed by atoms with Crippen LogP contribution < -0.4 is 4.74 Å². The molecule has 0 aromatic heterocycles. The van der Waals surface area contributed by atoms with Crippen LogP contribution in [-0.4, -0.2) is 42.2 Å². The number of ether oxygens (including phenoxy) is 1. The first-order chi connectivity index (χ1) is 10.1. The van der Waals surface area contributed by atoms with Gasteiger partial charge in [0.05, 0.1) is 13.0 Å². The van der Waals surface area contributed by atoms with Crippen molar-refractivity contribution in [2.45, 2.75) is 32.2 Å². The highest BCUT2D eigenvalue weighted by Gasteiger charge is 2.38. The van der Waals surface area contributed by atoms with Crippen LogP contribution in [0.5, 0.6) is 5.75 Å². The third kappa shape index (κ3) is 2.77. The summed E-state index contributed by atoms with van der Waals surface area (Å²) < 4.78 is 5.32. The highest BCUT2D eigenvalue weighted by atomic mass is 16.5. The van der Waals surface area contributed by atoms with Crippen LogP contribution in [0.25, 0.3) is 0 Å². The van der Waals surface area contributed by atoms with E-state index in [1.807, 2.05) is 6.07 Å². The maximum Gasteiger partial charge on any atom is 0.308 e. The molecule has 1 N–H and O–H groups in total. The minimum Gasteiger partial charge on any atom is -0.497 e. The smallest absolute Gasteiger partial charge is 0.308 e. The van der Waals surface area contributed by atoms with E-state index in [0.29, 0.717) is 12.6 Å². The van der Waals surface area contributed by atoms with E-state index in [1.165, 1.54) is 11.1 Å². The highest BCUT2D eigenvalue weighted by Crippen LogP contribution is 2.32. The number of carboxylic acids is 1. The van der Waals surface area contributed by atoms with Crippen LogP contribution in [0.2, 0.25) is 0 Å². The maximum absolute atomic E-state index is 11.3. The van der Waals surface area contributed by atoms with Crippen molar-refractivity contribution in [1.29, 1.82) is 0 Å². The minimum absolute atomic E-state index is 0.211. The number of nitrogens with zero attached hydrogens (tertiary/aromatic N) is 1. The van der Waals surface area contributed by atoms with Gasteiger partial charge >= 0.3 is 5.97 Å². The molecule has 0 saturated carbocycles. The molecular formula is C17H23NO3. The fourth-order valence-corrected chi connectivity index (χ4v) is 3.78. The van der Waals surface area contributed by atoms with Crippen LogP contribution in [0.1, 0.15) is 24.5 Å². The summed E-state index contributed by atoms with van der Waals surface area (Å²) in [4.78, 5) is 13.7. The summed E-state index contributed by atoms with van der Waals surface area (Å²) in [6.45, 7) is 3.65. The van der Waals surface area contributed by atoms with Gasteiger partial charge in [0.25, 0.3) is 0 Å². The third-order valence-corrected chi connectivity index (χ3v) is 5.09. The second-order valence-electron chi connectivity index (χ2n) is 6.41. The number of fused-ring (bicyclic) bond motifs is 1. The molecule has 1 fully saturated rings. The SMILES string of the molecule is COc1ccc2c(c1)CC(N1C[C@@H](C)[C@H](C(=O)O)C1)CC2. The number of aliphatic carboxylic acids is 1. The Bertz CT molecular complexity index is 543. The standard InChI is InChI=1S/C17H23NO3/c1-11-9-18(10-16(11)17(19)20)14-5-3-12-4-6-15(21-2)8-13(12)7-14/h4,6,8,11,14,16H,3,5,7,9-10H2,1-2H3,(H,19,20)/t11-,14?,16-/m1/s1. The molecule has 4 heteroatoms. The number of carboxylic acid groups (broad SMARTS) is 1. The van der Waals surface area contributed by atoms with Gasteiger partial charge in [-0.1, -0.05) is 13.0 Å². The summed E-state index contributed by atoms with van der Waals surface area (Å²) in [6.07, 6.45) is 3.20.